The molecule has 4 heteroatoms. The average Bonchev–Trinajstić information content (AvgIpc) is 2.54. The third-order valence-electron chi connectivity index (χ3n) is 5.32. The first kappa shape index (κ1) is 16.0. The van der Waals surface area contributed by atoms with Crippen molar-refractivity contribution in [1.29, 1.82) is 0 Å². The summed E-state index contributed by atoms with van der Waals surface area (Å²) in [4.78, 5) is 7.84. The van der Waals surface area contributed by atoms with Gasteiger partial charge < -0.3 is 9.64 Å². The third-order valence-corrected chi connectivity index (χ3v) is 5.32. The molecule has 0 aliphatic carbocycles. The molecule has 3 aliphatic heterocycles. The second kappa shape index (κ2) is 7.16. The summed E-state index contributed by atoms with van der Waals surface area (Å²) in [6.07, 6.45) is 4.85. The topological polar surface area (TPSA) is 19.0 Å². The van der Waals surface area contributed by atoms with Crippen LogP contribution in [0.25, 0.3) is 0 Å². The molecule has 0 aromatic rings. The first-order valence-corrected chi connectivity index (χ1v) is 8.78. The number of piperazine rings is 1. The van der Waals surface area contributed by atoms with Crippen LogP contribution < -0.4 is 0 Å². The lowest BCUT2D eigenvalue weighted by Crippen LogP contribution is -2.59. The Hall–Kier alpha value is -0.840. The minimum atomic E-state index is 0.692. The highest BCUT2D eigenvalue weighted by Gasteiger charge is 2.35. The van der Waals surface area contributed by atoms with Crippen molar-refractivity contribution in [3.8, 4) is 0 Å². The Morgan fingerprint density at radius 1 is 1.00 bits per heavy atom. The highest BCUT2D eigenvalue weighted by molar-refractivity contribution is 5.18. The van der Waals surface area contributed by atoms with Gasteiger partial charge in [0.1, 0.15) is 0 Å². The summed E-state index contributed by atoms with van der Waals surface area (Å²) >= 11 is 0. The van der Waals surface area contributed by atoms with Gasteiger partial charge in [0.15, 0.2) is 0 Å². The zero-order valence-electron chi connectivity index (χ0n) is 14.3. The number of nitrogens with zero attached hydrogens (tertiary/aromatic N) is 3. The van der Waals surface area contributed by atoms with Crippen molar-refractivity contribution >= 4 is 0 Å². The Balaban J connectivity index is 1.58. The molecule has 0 amide bonds. The van der Waals surface area contributed by atoms with Gasteiger partial charge in [0.2, 0.25) is 0 Å². The fourth-order valence-corrected chi connectivity index (χ4v) is 4.12. The van der Waals surface area contributed by atoms with Crippen molar-refractivity contribution in [3.63, 3.8) is 0 Å². The highest BCUT2D eigenvalue weighted by Crippen LogP contribution is 2.27. The number of rotatable bonds is 3. The Morgan fingerprint density at radius 3 is 2.45 bits per heavy atom. The molecule has 2 unspecified atom stereocenters. The summed E-state index contributed by atoms with van der Waals surface area (Å²) in [7, 11) is 0. The fraction of sp³-hybridized carbons (Fsp3) is 0.778. The first-order chi connectivity index (χ1) is 10.6. The van der Waals surface area contributed by atoms with Crippen LogP contribution in [0.3, 0.4) is 0 Å². The van der Waals surface area contributed by atoms with Gasteiger partial charge >= 0.3 is 0 Å². The molecule has 0 N–H and O–H groups in total. The van der Waals surface area contributed by atoms with E-state index in [1.807, 2.05) is 0 Å². The lowest BCUT2D eigenvalue weighted by atomic mass is 9.93. The summed E-state index contributed by atoms with van der Waals surface area (Å²) in [6, 6.07) is 1.44. The molecule has 124 valence electrons. The van der Waals surface area contributed by atoms with Crippen LogP contribution >= 0.6 is 0 Å². The van der Waals surface area contributed by atoms with Crippen molar-refractivity contribution in [2.75, 3.05) is 52.5 Å². The largest absolute Gasteiger partial charge is 0.379 e. The quantitative estimate of drug-likeness (QED) is 0.742. The lowest BCUT2D eigenvalue weighted by molar-refractivity contribution is -0.0227. The number of morpholine rings is 1. The maximum atomic E-state index is 5.50. The molecule has 0 spiro atoms. The Morgan fingerprint density at radius 2 is 1.73 bits per heavy atom. The van der Waals surface area contributed by atoms with Crippen molar-refractivity contribution in [2.24, 2.45) is 0 Å². The molecule has 0 radical (unpaired) electrons. The van der Waals surface area contributed by atoms with Crippen molar-refractivity contribution in [1.82, 2.24) is 14.7 Å². The molecule has 0 bridgehead atoms. The van der Waals surface area contributed by atoms with E-state index in [9.17, 15) is 0 Å². The van der Waals surface area contributed by atoms with E-state index in [4.69, 9.17) is 4.74 Å². The molecule has 0 aromatic carbocycles. The van der Waals surface area contributed by atoms with Crippen LogP contribution in [0, 0.1) is 0 Å². The monoisotopic (exact) mass is 305 g/mol. The third kappa shape index (κ3) is 3.73. The summed E-state index contributed by atoms with van der Waals surface area (Å²) in [6.45, 7) is 17.3. The summed E-state index contributed by atoms with van der Waals surface area (Å²) < 4.78 is 5.50. The molecule has 3 fully saturated rings. The first-order valence-electron chi connectivity index (χ1n) is 8.78. The van der Waals surface area contributed by atoms with Gasteiger partial charge in [0, 0.05) is 57.0 Å². The fourth-order valence-electron chi connectivity index (χ4n) is 4.12. The smallest absolute Gasteiger partial charge is 0.0594 e. The van der Waals surface area contributed by atoms with Gasteiger partial charge in [-0.25, -0.2) is 0 Å². The second-order valence-electron chi connectivity index (χ2n) is 7.18. The van der Waals surface area contributed by atoms with Crippen molar-refractivity contribution in [3.05, 3.63) is 23.9 Å². The summed E-state index contributed by atoms with van der Waals surface area (Å²) in [5.74, 6) is 0. The zero-order valence-corrected chi connectivity index (χ0v) is 14.3. The van der Waals surface area contributed by atoms with Gasteiger partial charge in [-0.05, 0) is 32.8 Å². The van der Waals surface area contributed by atoms with E-state index in [0.29, 0.717) is 6.04 Å². The second-order valence-corrected chi connectivity index (χ2v) is 7.18. The maximum absolute atomic E-state index is 5.50. The predicted octanol–water partition coefficient (Wildman–Crippen LogP) is 1.95. The zero-order chi connectivity index (χ0) is 15.5. The van der Waals surface area contributed by atoms with E-state index in [1.165, 1.54) is 37.2 Å². The molecular weight excluding hydrogens is 274 g/mol. The predicted molar refractivity (Wildman–Crippen MR) is 90.9 cm³/mol. The number of hydrogen-bond acceptors (Lipinski definition) is 4. The Labute approximate surface area is 135 Å². The van der Waals surface area contributed by atoms with Crippen LogP contribution in [0.1, 0.15) is 26.7 Å². The van der Waals surface area contributed by atoms with Gasteiger partial charge in [-0.15, -0.1) is 0 Å². The lowest BCUT2D eigenvalue weighted by Gasteiger charge is -2.49. The molecule has 3 heterocycles. The molecule has 2 atom stereocenters. The molecule has 4 nitrogen and oxygen atoms in total. The van der Waals surface area contributed by atoms with Crippen molar-refractivity contribution < 1.29 is 4.74 Å². The SMILES string of the molecule is C=C(C=C(C)C)N1CCN2CCC(N3CCOCC3)CC2C1. The Bertz CT molecular complexity index is 424. The number of hydrogen-bond donors (Lipinski definition) is 0. The summed E-state index contributed by atoms with van der Waals surface area (Å²) in [5.41, 5.74) is 2.52. The van der Waals surface area contributed by atoms with E-state index < -0.39 is 0 Å². The number of piperidine rings is 1. The molecular formula is C18H31N3O. The van der Waals surface area contributed by atoms with E-state index in [2.05, 4.69) is 41.2 Å². The molecule has 0 aromatic heterocycles. The van der Waals surface area contributed by atoms with Crippen LogP contribution in [-0.4, -0.2) is 79.3 Å². The number of fused-ring (bicyclic) bond motifs is 1. The average molecular weight is 305 g/mol. The van der Waals surface area contributed by atoms with Gasteiger partial charge in [0.25, 0.3) is 0 Å². The standard InChI is InChI=1S/C18H31N3O/c1-15(2)12-16(3)21-7-6-19-5-4-17(13-18(19)14-21)20-8-10-22-11-9-20/h12,17-18H,3-11,13-14H2,1-2H3. The molecule has 3 rings (SSSR count). The maximum Gasteiger partial charge on any atom is 0.0594 e. The van der Waals surface area contributed by atoms with E-state index in [-0.39, 0.29) is 0 Å². The van der Waals surface area contributed by atoms with Gasteiger partial charge in [-0.2, -0.15) is 0 Å². The summed E-state index contributed by atoms with van der Waals surface area (Å²) in [5, 5.41) is 0. The molecule has 22 heavy (non-hydrogen) atoms. The molecule has 3 aliphatic rings. The van der Waals surface area contributed by atoms with Gasteiger partial charge in [-0.1, -0.05) is 12.2 Å². The van der Waals surface area contributed by atoms with Gasteiger partial charge in [0.05, 0.1) is 13.2 Å². The molecule has 0 saturated carbocycles. The Kier molecular flexibility index (Phi) is 5.21. The van der Waals surface area contributed by atoms with E-state index in [0.717, 1.165) is 45.4 Å². The highest BCUT2D eigenvalue weighted by atomic mass is 16.5. The minimum absolute atomic E-state index is 0.692. The van der Waals surface area contributed by atoms with Gasteiger partial charge in [-0.3, -0.25) is 9.80 Å². The van der Waals surface area contributed by atoms with Crippen LogP contribution in [-0.2, 0) is 4.74 Å². The number of allylic oxidation sites excluding steroid dienone is 2. The molecule has 3 saturated heterocycles. The van der Waals surface area contributed by atoms with E-state index >= 15 is 0 Å². The van der Waals surface area contributed by atoms with Crippen LogP contribution in [0.15, 0.2) is 23.9 Å². The van der Waals surface area contributed by atoms with Crippen LogP contribution in [0.4, 0.5) is 0 Å². The normalized spacial score (nSPS) is 30.7. The van der Waals surface area contributed by atoms with Crippen LogP contribution in [0.5, 0.6) is 0 Å². The van der Waals surface area contributed by atoms with Crippen molar-refractivity contribution in [2.45, 2.75) is 38.8 Å². The minimum Gasteiger partial charge on any atom is -0.379 e. The van der Waals surface area contributed by atoms with Crippen LogP contribution in [0.2, 0.25) is 0 Å². The number of ether oxygens (including phenoxy) is 1. The van der Waals surface area contributed by atoms with E-state index in [1.54, 1.807) is 0 Å².